The fraction of sp³-hybridized carbons (Fsp3) is 0.294. The maximum Gasteiger partial charge on any atom is 0.407 e. The first kappa shape index (κ1) is 16.1. The van der Waals surface area contributed by atoms with Gasteiger partial charge in [0.15, 0.2) is 0 Å². The van der Waals surface area contributed by atoms with E-state index in [1.54, 1.807) is 0 Å². The van der Waals surface area contributed by atoms with Gasteiger partial charge >= 0.3 is 6.09 Å². The zero-order valence-electron chi connectivity index (χ0n) is 12.8. The van der Waals surface area contributed by atoms with Crippen LogP contribution in [0, 0.1) is 11.3 Å². The number of nitrogens with zero attached hydrogens (tertiary/aromatic N) is 1. The molecule has 0 saturated heterocycles. The van der Waals surface area contributed by atoms with E-state index < -0.39 is 11.7 Å². The Balaban J connectivity index is 2.03. The molecule has 4 nitrogen and oxygen atoms in total. The van der Waals surface area contributed by atoms with Gasteiger partial charge in [-0.2, -0.15) is 5.26 Å². The molecule has 0 aliphatic rings. The normalized spacial score (nSPS) is 10.8. The molecule has 114 valence electrons. The summed E-state index contributed by atoms with van der Waals surface area (Å²) in [4.78, 5) is 13.4. The van der Waals surface area contributed by atoms with E-state index in [0.29, 0.717) is 11.4 Å². The van der Waals surface area contributed by atoms with Gasteiger partial charge < -0.3 is 10.1 Å². The standard InChI is InChI=1S/C17H18N2O2S/c1-17(2,3)21-16(20)19-11-12-5-4-6-13(9-12)15-8-7-14(10-18)22-15/h4-9H,11H2,1-3H3,(H,19,20). The summed E-state index contributed by atoms with van der Waals surface area (Å²) in [5.41, 5.74) is 1.52. The van der Waals surface area contributed by atoms with Crippen molar-refractivity contribution in [2.24, 2.45) is 0 Å². The minimum absolute atomic E-state index is 0.402. The van der Waals surface area contributed by atoms with E-state index in [2.05, 4.69) is 11.4 Å². The number of hydrogen-bond acceptors (Lipinski definition) is 4. The quantitative estimate of drug-likeness (QED) is 0.918. The van der Waals surface area contributed by atoms with Gasteiger partial charge in [-0.3, -0.25) is 0 Å². The average molecular weight is 314 g/mol. The number of thiophene rings is 1. The molecule has 1 aromatic heterocycles. The molecule has 0 unspecified atom stereocenters. The molecule has 0 fully saturated rings. The maximum atomic E-state index is 11.7. The van der Waals surface area contributed by atoms with Crippen LogP contribution in [0.15, 0.2) is 36.4 Å². The molecule has 0 aliphatic carbocycles. The van der Waals surface area contributed by atoms with Gasteiger partial charge in [0, 0.05) is 11.4 Å². The van der Waals surface area contributed by atoms with Crippen LogP contribution in [0.1, 0.15) is 31.2 Å². The smallest absolute Gasteiger partial charge is 0.407 e. The second-order valence-corrected chi connectivity index (χ2v) is 6.92. The molecule has 5 heteroatoms. The van der Waals surface area contributed by atoms with E-state index in [-0.39, 0.29) is 0 Å². The summed E-state index contributed by atoms with van der Waals surface area (Å²) < 4.78 is 5.21. The predicted octanol–water partition coefficient (Wildman–Crippen LogP) is 4.31. The zero-order chi connectivity index (χ0) is 16.2. The summed E-state index contributed by atoms with van der Waals surface area (Å²) in [6.07, 6.45) is -0.430. The third kappa shape index (κ3) is 4.61. The average Bonchev–Trinajstić information content (AvgIpc) is 2.93. The first-order valence-electron chi connectivity index (χ1n) is 6.93. The molecule has 1 amide bonds. The Labute approximate surface area is 134 Å². The number of rotatable bonds is 3. The lowest BCUT2D eigenvalue weighted by Crippen LogP contribution is -2.32. The molecule has 1 aromatic carbocycles. The molecule has 0 radical (unpaired) electrons. The van der Waals surface area contributed by atoms with Crippen LogP contribution in [0.4, 0.5) is 4.79 Å². The largest absolute Gasteiger partial charge is 0.444 e. The van der Waals surface area contributed by atoms with Crippen LogP contribution < -0.4 is 5.32 Å². The lowest BCUT2D eigenvalue weighted by Gasteiger charge is -2.19. The number of benzene rings is 1. The summed E-state index contributed by atoms with van der Waals surface area (Å²) >= 11 is 1.45. The number of carbonyl (C=O) groups is 1. The van der Waals surface area contributed by atoms with Crippen molar-refractivity contribution in [2.75, 3.05) is 0 Å². The second-order valence-electron chi connectivity index (χ2n) is 5.83. The van der Waals surface area contributed by atoms with Crippen molar-refractivity contribution in [3.63, 3.8) is 0 Å². The van der Waals surface area contributed by atoms with E-state index in [4.69, 9.17) is 10.00 Å². The third-order valence-corrected chi connectivity index (χ3v) is 3.80. The number of nitriles is 1. The highest BCUT2D eigenvalue weighted by molar-refractivity contribution is 7.16. The predicted molar refractivity (Wildman–Crippen MR) is 87.5 cm³/mol. The lowest BCUT2D eigenvalue weighted by molar-refractivity contribution is 0.0523. The first-order chi connectivity index (χ1) is 10.4. The number of amides is 1. The molecule has 1 heterocycles. The first-order valence-corrected chi connectivity index (χ1v) is 7.75. The monoisotopic (exact) mass is 314 g/mol. The van der Waals surface area contributed by atoms with E-state index in [1.165, 1.54) is 11.3 Å². The van der Waals surface area contributed by atoms with Gasteiger partial charge in [-0.1, -0.05) is 18.2 Å². The minimum atomic E-state index is -0.503. The van der Waals surface area contributed by atoms with Crippen LogP contribution in [0.5, 0.6) is 0 Å². The van der Waals surface area contributed by atoms with Crippen LogP contribution in [0.2, 0.25) is 0 Å². The van der Waals surface area contributed by atoms with Crippen LogP contribution in [0.3, 0.4) is 0 Å². The molecule has 2 rings (SSSR count). The number of ether oxygens (including phenoxy) is 1. The van der Waals surface area contributed by atoms with E-state index in [1.807, 2.05) is 57.2 Å². The van der Waals surface area contributed by atoms with Crippen molar-refractivity contribution in [3.8, 4) is 16.5 Å². The zero-order valence-corrected chi connectivity index (χ0v) is 13.7. The molecular weight excluding hydrogens is 296 g/mol. The Morgan fingerprint density at radius 2 is 2.09 bits per heavy atom. The maximum absolute atomic E-state index is 11.7. The van der Waals surface area contributed by atoms with E-state index in [9.17, 15) is 4.79 Å². The van der Waals surface area contributed by atoms with Gasteiger partial charge in [-0.05, 0) is 50.1 Å². The highest BCUT2D eigenvalue weighted by atomic mass is 32.1. The fourth-order valence-electron chi connectivity index (χ4n) is 1.88. The van der Waals surface area contributed by atoms with Gasteiger partial charge in [0.25, 0.3) is 0 Å². The van der Waals surface area contributed by atoms with Gasteiger partial charge in [0.05, 0.1) is 0 Å². The van der Waals surface area contributed by atoms with Crippen LogP contribution >= 0.6 is 11.3 Å². The van der Waals surface area contributed by atoms with Crippen molar-refractivity contribution in [3.05, 3.63) is 46.8 Å². The summed E-state index contributed by atoms with van der Waals surface area (Å²) in [7, 11) is 0. The SMILES string of the molecule is CC(C)(C)OC(=O)NCc1cccc(-c2ccc(C#N)s2)c1. The van der Waals surface area contributed by atoms with Crippen LogP contribution in [-0.4, -0.2) is 11.7 Å². The summed E-state index contributed by atoms with van der Waals surface area (Å²) in [5, 5.41) is 11.6. The van der Waals surface area contributed by atoms with Crippen LogP contribution in [0.25, 0.3) is 10.4 Å². The molecule has 0 saturated carbocycles. The minimum Gasteiger partial charge on any atom is -0.444 e. The molecule has 0 bridgehead atoms. The van der Waals surface area contributed by atoms with Gasteiger partial charge in [0.1, 0.15) is 16.5 Å². The molecule has 0 atom stereocenters. The van der Waals surface area contributed by atoms with E-state index >= 15 is 0 Å². The number of carbonyl (C=O) groups excluding carboxylic acids is 1. The lowest BCUT2D eigenvalue weighted by atomic mass is 10.1. The Hall–Kier alpha value is -2.32. The number of hydrogen-bond donors (Lipinski definition) is 1. The Bertz CT molecular complexity index is 708. The van der Waals surface area contributed by atoms with Crippen molar-refractivity contribution in [1.82, 2.24) is 5.32 Å². The molecule has 0 spiro atoms. The van der Waals surface area contributed by atoms with Crippen molar-refractivity contribution >= 4 is 17.4 Å². The Morgan fingerprint density at radius 1 is 1.32 bits per heavy atom. The van der Waals surface area contributed by atoms with Gasteiger partial charge in [-0.25, -0.2) is 4.79 Å². The van der Waals surface area contributed by atoms with Gasteiger partial charge in [0.2, 0.25) is 0 Å². The fourth-order valence-corrected chi connectivity index (χ4v) is 2.68. The van der Waals surface area contributed by atoms with Crippen molar-refractivity contribution < 1.29 is 9.53 Å². The number of nitrogens with one attached hydrogen (secondary N) is 1. The van der Waals surface area contributed by atoms with Crippen molar-refractivity contribution in [1.29, 1.82) is 5.26 Å². The Kier molecular flexibility index (Phi) is 4.84. The molecule has 22 heavy (non-hydrogen) atoms. The highest BCUT2D eigenvalue weighted by Crippen LogP contribution is 2.28. The molecule has 1 N–H and O–H groups in total. The second kappa shape index (κ2) is 6.63. The summed E-state index contributed by atoms with van der Waals surface area (Å²) in [6.45, 7) is 5.89. The summed E-state index contributed by atoms with van der Waals surface area (Å²) in [6, 6.07) is 13.8. The highest BCUT2D eigenvalue weighted by Gasteiger charge is 2.15. The van der Waals surface area contributed by atoms with Gasteiger partial charge in [-0.15, -0.1) is 11.3 Å². The third-order valence-electron chi connectivity index (χ3n) is 2.76. The molecule has 0 aliphatic heterocycles. The van der Waals surface area contributed by atoms with Crippen LogP contribution in [-0.2, 0) is 11.3 Å². The number of alkyl carbamates (subject to hydrolysis) is 1. The summed E-state index contributed by atoms with van der Waals surface area (Å²) in [5.74, 6) is 0. The topological polar surface area (TPSA) is 62.1 Å². The Morgan fingerprint density at radius 3 is 2.73 bits per heavy atom. The molecule has 2 aromatic rings. The van der Waals surface area contributed by atoms with Crippen molar-refractivity contribution in [2.45, 2.75) is 32.9 Å². The molecular formula is C17H18N2O2S. The van der Waals surface area contributed by atoms with E-state index in [0.717, 1.165) is 16.0 Å².